The molecule has 94 valence electrons. The zero-order chi connectivity index (χ0) is 13.5. The summed E-state index contributed by atoms with van der Waals surface area (Å²) in [6.07, 6.45) is 7.51. The molecule has 1 atom stereocenters. The van der Waals surface area contributed by atoms with E-state index in [0.29, 0.717) is 5.76 Å². The van der Waals surface area contributed by atoms with Crippen molar-refractivity contribution in [1.82, 2.24) is 4.90 Å². The average Bonchev–Trinajstić information content (AvgIpc) is 2.40. The van der Waals surface area contributed by atoms with Crippen LogP contribution in [-0.2, 0) is 14.2 Å². The van der Waals surface area contributed by atoms with E-state index < -0.39 is 5.97 Å². The third-order valence-electron chi connectivity index (χ3n) is 2.33. The number of allylic oxidation sites excluding steroid dienone is 1. The van der Waals surface area contributed by atoms with Gasteiger partial charge in [-0.05, 0) is 6.08 Å². The van der Waals surface area contributed by atoms with E-state index >= 15 is 0 Å². The highest BCUT2D eigenvalue weighted by molar-refractivity contribution is 6.17. The lowest BCUT2D eigenvalue weighted by molar-refractivity contribution is -0.129. The normalized spacial score (nSPS) is 19.9. The number of likely N-dealkylation sites (N-methyl/N-ethyl adjacent to an activating group) is 1. The molecule has 0 saturated heterocycles. The van der Waals surface area contributed by atoms with Crippen molar-refractivity contribution in [1.29, 1.82) is 0 Å². The van der Waals surface area contributed by atoms with Gasteiger partial charge in [0.15, 0.2) is 0 Å². The average molecular weight is 247 g/mol. The van der Waals surface area contributed by atoms with Crippen LogP contribution in [0.4, 0.5) is 0 Å². The zero-order valence-electron chi connectivity index (χ0n) is 10.2. The lowest BCUT2D eigenvalue weighted by Gasteiger charge is -2.24. The number of aliphatic imine (C=N–C) groups is 1. The molecule has 18 heavy (non-hydrogen) atoms. The summed E-state index contributed by atoms with van der Waals surface area (Å²) in [4.78, 5) is 17.2. The number of rotatable bonds is 4. The third kappa shape index (κ3) is 3.41. The van der Waals surface area contributed by atoms with Crippen LogP contribution in [0.15, 0.2) is 40.9 Å². The second-order valence-electron chi connectivity index (χ2n) is 3.47. The molecule has 1 aliphatic heterocycles. The smallest absolute Gasteiger partial charge is 0.378 e. The Bertz CT molecular complexity index is 429. The summed E-state index contributed by atoms with van der Waals surface area (Å²) in [5.41, 5.74) is 5.35. The number of nitrogens with two attached hydrogens (primary N) is 1. The Kier molecular flexibility index (Phi) is 5.04. The Morgan fingerprint density at radius 3 is 2.94 bits per heavy atom. The molecule has 2 radical (unpaired) electrons. The molecule has 0 amide bonds. The second-order valence-corrected chi connectivity index (χ2v) is 3.47. The van der Waals surface area contributed by atoms with Crippen LogP contribution >= 0.6 is 0 Å². The Labute approximate surface area is 107 Å². The molecule has 0 aliphatic carbocycles. The van der Waals surface area contributed by atoms with Gasteiger partial charge >= 0.3 is 14.0 Å². The summed E-state index contributed by atoms with van der Waals surface area (Å²) in [6.45, 7) is 0. The number of nitrogens with zero attached hydrogens (tertiary/aromatic N) is 2. The third-order valence-corrected chi connectivity index (χ3v) is 2.33. The first-order chi connectivity index (χ1) is 8.62. The van der Waals surface area contributed by atoms with Crippen LogP contribution in [0.5, 0.6) is 0 Å². The predicted molar refractivity (Wildman–Crippen MR) is 68.4 cm³/mol. The van der Waals surface area contributed by atoms with Crippen LogP contribution < -0.4 is 5.73 Å². The SMILES string of the molecule is [B]OC(=O)C(/C=N/C1C=C(OC)C=CN1C)=C/N. The molecular weight excluding hydrogens is 233 g/mol. The summed E-state index contributed by atoms with van der Waals surface area (Å²) in [5.74, 6) is -0.0545. The monoisotopic (exact) mass is 247 g/mol. The molecular formula is C11H14BN3O3. The number of hydrogen-bond donors (Lipinski definition) is 1. The molecule has 1 rings (SSSR count). The molecule has 1 unspecified atom stereocenters. The van der Waals surface area contributed by atoms with Crippen molar-refractivity contribution < 1.29 is 14.2 Å². The number of carbonyl (C=O) groups is 1. The predicted octanol–water partition coefficient (Wildman–Crippen LogP) is -0.158. The molecule has 1 heterocycles. The van der Waals surface area contributed by atoms with E-state index in [1.54, 1.807) is 19.3 Å². The molecule has 6 nitrogen and oxygen atoms in total. The second kappa shape index (κ2) is 6.53. The molecule has 0 saturated carbocycles. The van der Waals surface area contributed by atoms with Gasteiger partial charge in [-0.15, -0.1) is 0 Å². The first-order valence-corrected chi connectivity index (χ1v) is 5.14. The highest BCUT2D eigenvalue weighted by Crippen LogP contribution is 2.13. The van der Waals surface area contributed by atoms with Gasteiger partial charge in [0.05, 0.1) is 12.7 Å². The van der Waals surface area contributed by atoms with Crippen LogP contribution in [0.3, 0.4) is 0 Å². The molecule has 2 N–H and O–H groups in total. The Morgan fingerprint density at radius 2 is 2.39 bits per heavy atom. The summed E-state index contributed by atoms with van der Waals surface area (Å²) >= 11 is 0. The van der Waals surface area contributed by atoms with Crippen LogP contribution in [-0.4, -0.2) is 45.5 Å². The van der Waals surface area contributed by atoms with Gasteiger partial charge in [-0.1, -0.05) is 0 Å². The van der Waals surface area contributed by atoms with Crippen molar-refractivity contribution in [3.63, 3.8) is 0 Å². The van der Waals surface area contributed by atoms with E-state index in [1.807, 2.05) is 18.1 Å². The maximum absolute atomic E-state index is 11.2. The number of methoxy groups -OCH3 is 1. The summed E-state index contributed by atoms with van der Waals surface area (Å²) in [7, 11) is 8.18. The van der Waals surface area contributed by atoms with Gasteiger partial charge in [0.1, 0.15) is 11.9 Å². The standard InChI is InChI=1S/C11H14BN3O3/c1-15-4-3-9(17-2)5-10(15)14-7-8(6-13)11(16)18-12/h3-7,10H,13H2,1-2H3/b8-6+,14-7+. The van der Waals surface area contributed by atoms with Gasteiger partial charge in [0.25, 0.3) is 0 Å². The Balaban J connectivity index is 2.80. The quantitative estimate of drug-likeness (QED) is 0.424. The fourth-order valence-electron chi connectivity index (χ4n) is 1.27. The van der Waals surface area contributed by atoms with Gasteiger partial charge in [-0.3, -0.25) is 4.99 Å². The Hall–Kier alpha value is -2.18. The van der Waals surface area contributed by atoms with E-state index in [0.717, 1.165) is 6.20 Å². The molecule has 0 spiro atoms. The van der Waals surface area contributed by atoms with Crippen molar-refractivity contribution >= 4 is 20.2 Å². The van der Waals surface area contributed by atoms with Crippen LogP contribution in [0.1, 0.15) is 0 Å². The van der Waals surface area contributed by atoms with Crippen LogP contribution in [0.25, 0.3) is 0 Å². The van der Waals surface area contributed by atoms with E-state index in [2.05, 4.69) is 9.65 Å². The van der Waals surface area contributed by atoms with Crippen molar-refractivity contribution in [2.75, 3.05) is 14.2 Å². The number of ether oxygens (including phenoxy) is 1. The van der Waals surface area contributed by atoms with Crippen LogP contribution in [0, 0.1) is 0 Å². The Morgan fingerprint density at radius 1 is 1.67 bits per heavy atom. The van der Waals surface area contributed by atoms with Crippen LogP contribution in [0.2, 0.25) is 0 Å². The van der Waals surface area contributed by atoms with E-state index in [1.165, 1.54) is 6.21 Å². The van der Waals surface area contributed by atoms with Gasteiger partial charge in [0, 0.05) is 31.7 Å². The molecule has 0 aromatic carbocycles. The molecule has 0 aromatic rings. The van der Waals surface area contributed by atoms with Gasteiger partial charge in [0.2, 0.25) is 0 Å². The fourth-order valence-corrected chi connectivity index (χ4v) is 1.27. The topological polar surface area (TPSA) is 77.2 Å². The highest BCUT2D eigenvalue weighted by Gasteiger charge is 2.13. The summed E-state index contributed by atoms with van der Waals surface area (Å²) in [5, 5.41) is 0. The van der Waals surface area contributed by atoms with Crippen molar-refractivity contribution in [3.05, 3.63) is 35.9 Å². The van der Waals surface area contributed by atoms with E-state index in [9.17, 15) is 4.79 Å². The van der Waals surface area contributed by atoms with E-state index in [-0.39, 0.29) is 11.7 Å². The van der Waals surface area contributed by atoms with Gasteiger partial charge < -0.3 is 20.0 Å². The molecule has 1 aliphatic rings. The summed E-state index contributed by atoms with van der Waals surface area (Å²) < 4.78 is 9.16. The fraction of sp³-hybridized carbons (Fsp3) is 0.273. The van der Waals surface area contributed by atoms with Crippen molar-refractivity contribution in [2.45, 2.75) is 6.17 Å². The highest BCUT2D eigenvalue weighted by atomic mass is 16.5. The molecule has 0 fully saturated rings. The first-order valence-electron chi connectivity index (χ1n) is 5.14. The maximum Gasteiger partial charge on any atom is 0.378 e. The van der Waals surface area contributed by atoms with Gasteiger partial charge in [-0.2, -0.15) is 0 Å². The largest absolute Gasteiger partial charge is 0.540 e. The lowest BCUT2D eigenvalue weighted by Crippen LogP contribution is -2.26. The molecule has 0 bridgehead atoms. The number of carbonyl (C=O) groups excluding carboxylic acids is 1. The van der Waals surface area contributed by atoms with E-state index in [4.69, 9.17) is 18.5 Å². The van der Waals surface area contributed by atoms with Gasteiger partial charge in [-0.25, -0.2) is 4.79 Å². The maximum atomic E-state index is 11.2. The first kappa shape index (κ1) is 13.9. The minimum atomic E-state index is -0.744. The minimum absolute atomic E-state index is 0.0767. The number of hydrogen-bond acceptors (Lipinski definition) is 6. The van der Waals surface area contributed by atoms with Crippen molar-refractivity contribution in [2.24, 2.45) is 10.7 Å². The minimum Gasteiger partial charge on any atom is -0.540 e. The summed E-state index contributed by atoms with van der Waals surface area (Å²) in [6, 6.07) is 0. The lowest BCUT2D eigenvalue weighted by atomic mass is 10.2. The molecule has 0 aromatic heterocycles. The molecule has 7 heteroatoms. The van der Waals surface area contributed by atoms with Crippen molar-refractivity contribution in [3.8, 4) is 0 Å². The zero-order valence-corrected chi connectivity index (χ0v) is 10.2.